The Morgan fingerprint density at radius 3 is 3.00 bits per heavy atom. The largest absolute Gasteiger partial charge is 0.317 e. The fraction of sp³-hybridized carbons (Fsp3) is 0.143. The van der Waals surface area contributed by atoms with Crippen LogP contribution < -0.4 is 0 Å². The molecular formula is C7H5N3O2S. The predicted octanol–water partition coefficient (Wildman–Crippen LogP) is 2.03. The first-order valence-electron chi connectivity index (χ1n) is 3.34. The van der Waals surface area contributed by atoms with Crippen LogP contribution in [0.5, 0.6) is 0 Å². The van der Waals surface area contributed by atoms with E-state index in [0.717, 1.165) is 0 Å². The smallest absolute Gasteiger partial charge is 0.258 e. The second kappa shape index (κ2) is 3.84. The highest BCUT2D eigenvalue weighted by Gasteiger charge is 2.17. The molecule has 0 saturated heterocycles. The van der Waals surface area contributed by atoms with Crippen molar-refractivity contribution in [1.29, 1.82) is 0 Å². The number of aryl methyl sites for hydroxylation is 1. The van der Waals surface area contributed by atoms with Gasteiger partial charge in [0.25, 0.3) is 0 Å². The molecular weight excluding hydrogens is 190 g/mol. The number of nitro groups is 1. The molecule has 0 aliphatic carbocycles. The van der Waals surface area contributed by atoms with Crippen LogP contribution >= 0.6 is 12.2 Å². The van der Waals surface area contributed by atoms with Crippen molar-refractivity contribution in [2.24, 2.45) is 4.99 Å². The lowest BCUT2D eigenvalue weighted by Crippen LogP contribution is -1.93. The maximum absolute atomic E-state index is 10.6. The molecule has 0 amide bonds. The topological polar surface area (TPSA) is 68.4 Å². The number of isothiocyanates is 1. The first-order chi connectivity index (χ1) is 6.16. The molecule has 0 aromatic carbocycles. The summed E-state index contributed by atoms with van der Waals surface area (Å²) < 4.78 is 0. The molecule has 0 aliphatic heterocycles. The van der Waals surface area contributed by atoms with Crippen molar-refractivity contribution in [2.75, 3.05) is 0 Å². The standard InChI is InChI=1S/C7H5N3O2S/c1-5-2-3-8-7(9-4-13)6(5)10(11)12/h2-3H,1H3. The van der Waals surface area contributed by atoms with Gasteiger partial charge in [0.15, 0.2) is 0 Å². The lowest BCUT2D eigenvalue weighted by atomic mass is 10.2. The SMILES string of the molecule is Cc1ccnc(N=C=S)c1[N+](=O)[O-]. The third-order valence-electron chi connectivity index (χ3n) is 1.44. The molecule has 66 valence electrons. The Morgan fingerprint density at radius 1 is 1.77 bits per heavy atom. The molecule has 0 N–H and O–H groups in total. The number of hydrogen-bond donors (Lipinski definition) is 0. The monoisotopic (exact) mass is 195 g/mol. The van der Waals surface area contributed by atoms with Gasteiger partial charge in [-0.05, 0) is 25.2 Å². The highest BCUT2D eigenvalue weighted by molar-refractivity contribution is 7.78. The van der Waals surface area contributed by atoms with E-state index in [4.69, 9.17) is 0 Å². The maximum Gasteiger partial charge on any atom is 0.317 e. The van der Waals surface area contributed by atoms with Gasteiger partial charge >= 0.3 is 5.69 Å². The molecule has 1 heterocycles. The van der Waals surface area contributed by atoms with Gasteiger partial charge in [-0.2, -0.15) is 4.99 Å². The third-order valence-corrected chi connectivity index (χ3v) is 1.53. The first-order valence-corrected chi connectivity index (χ1v) is 3.75. The Morgan fingerprint density at radius 2 is 2.46 bits per heavy atom. The van der Waals surface area contributed by atoms with Crippen molar-refractivity contribution >= 4 is 28.9 Å². The molecule has 0 unspecified atom stereocenters. The molecule has 0 radical (unpaired) electrons. The van der Waals surface area contributed by atoms with Crippen molar-refractivity contribution in [3.63, 3.8) is 0 Å². The molecule has 6 heteroatoms. The summed E-state index contributed by atoms with van der Waals surface area (Å²) in [6, 6.07) is 1.54. The van der Waals surface area contributed by atoms with Crippen LogP contribution in [0.15, 0.2) is 17.3 Å². The van der Waals surface area contributed by atoms with Gasteiger partial charge < -0.3 is 0 Å². The summed E-state index contributed by atoms with van der Waals surface area (Å²) in [5.74, 6) is 0.000000000000000444. The van der Waals surface area contributed by atoms with E-state index in [-0.39, 0.29) is 11.5 Å². The fourth-order valence-corrected chi connectivity index (χ4v) is 0.973. The van der Waals surface area contributed by atoms with Gasteiger partial charge in [-0.25, -0.2) is 4.98 Å². The minimum absolute atomic E-state index is 0.000000000000000444. The van der Waals surface area contributed by atoms with Crippen molar-refractivity contribution < 1.29 is 4.92 Å². The van der Waals surface area contributed by atoms with Crippen molar-refractivity contribution in [1.82, 2.24) is 4.98 Å². The van der Waals surface area contributed by atoms with Gasteiger partial charge in [-0.3, -0.25) is 10.1 Å². The molecule has 5 nitrogen and oxygen atoms in total. The Hall–Kier alpha value is -1.65. The minimum atomic E-state index is -0.534. The average molecular weight is 195 g/mol. The predicted molar refractivity (Wildman–Crippen MR) is 50.3 cm³/mol. The number of rotatable bonds is 2. The van der Waals surface area contributed by atoms with Crippen LogP contribution in [0.3, 0.4) is 0 Å². The van der Waals surface area contributed by atoms with E-state index in [1.54, 1.807) is 13.0 Å². The van der Waals surface area contributed by atoms with Gasteiger partial charge in [0.05, 0.1) is 10.1 Å². The van der Waals surface area contributed by atoms with E-state index in [2.05, 4.69) is 22.2 Å². The number of pyridine rings is 1. The summed E-state index contributed by atoms with van der Waals surface area (Å²) in [7, 11) is 0. The molecule has 0 aliphatic rings. The van der Waals surface area contributed by atoms with Gasteiger partial charge in [0, 0.05) is 11.8 Å². The summed E-state index contributed by atoms with van der Waals surface area (Å²) in [4.78, 5) is 17.2. The molecule has 0 spiro atoms. The highest BCUT2D eigenvalue weighted by atomic mass is 32.1. The summed E-state index contributed by atoms with van der Waals surface area (Å²) in [5.41, 5.74) is 0.379. The summed E-state index contributed by atoms with van der Waals surface area (Å²) >= 11 is 4.34. The van der Waals surface area contributed by atoms with Gasteiger partial charge in [0.2, 0.25) is 5.82 Å². The van der Waals surface area contributed by atoms with Crippen molar-refractivity contribution in [3.05, 3.63) is 27.9 Å². The Kier molecular flexibility index (Phi) is 2.79. The van der Waals surface area contributed by atoms with E-state index in [1.807, 2.05) is 5.16 Å². The number of nitrogens with zero attached hydrogens (tertiary/aromatic N) is 3. The van der Waals surface area contributed by atoms with E-state index >= 15 is 0 Å². The fourth-order valence-electron chi connectivity index (χ4n) is 0.887. The molecule has 0 saturated carbocycles. The van der Waals surface area contributed by atoms with Crippen molar-refractivity contribution in [3.8, 4) is 0 Å². The van der Waals surface area contributed by atoms with E-state index in [1.165, 1.54) is 6.20 Å². The normalized spacial score (nSPS) is 9.00. The zero-order valence-corrected chi connectivity index (χ0v) is 7.54. The Balaban J connectivity index is 3.42. The van der Waals surface area contributed by atoms with E-state index < -0.39 is 4.92 Å². The maximum atomic E-state index is 10.6. The molecule has 0 bridgehead atoms. The van der Waals surface area contributed by atoms with Crippen LogP contribution in [-0.2, 0) is 0 Å². The second-order valence-corrected chi connectivity index (χ2v) is 2.44. The number of thiocarbonyl (C=S) groups is 1. The number of aromatic nitrogens is 1. The first kappa shape index (κ1) is 9.44. The number of aliphatic imine (C=N–C) groups is 1. The van der Waals surface area contributed by atoms with Crippen LogP contribution in [0, 0.1) is 17.0 Å². The molecule has 1 aromatic rings. The minimum Gasteiger partial charge on any atom is -0.258 e. The number of hydrogen-bond acceptors (Lipinski definition) is 5. The lowest BCUT2D eigenvalue weighted by Gasteiger charge is -1.96. The van der Waals surface area contributed by atoms with Crippen LogP contribution in [0.2, 0.25) is 0 Å². The molecule has 0 atom stereocenters. The molecule has 13 heavy (non-hydrogen) atoms. The molecule has 1 rings (SSSR count). The second-order valence-electron chi connectivity index (χ2n) is 2.26. The van der Waals surface area contributed by atoms with Crippen molar-refractivity contribution in [2.45, 2.75) is 6.92 Å². The summed E-state index contributed by atoms with van der Waals surface area (Å²) in [5, 5.41) is 12.6. The zero-order valence-electron chi connectivity index (χ0n) is 6.72. The van der Waals surface area contributed by atoms with Crippen LogP contribution in [-0.4, -0.2) is 15.1 Å². The Labute approximate surface area is 79.3 Å². The van der Waals surface area contributed by atoms with Gasteiger partial charge in [-0.15, -0.1) is 0 Å². The third kappa shape index (κ3) is 1.93. The molecule has 0 fully saturated rings. The zero-order chi connectivity index (χ0) is 9.84. The van der Waals surface area contributed by atoms with Crippen LogP contribution in [0.25, 0.3) is 0 Å². The highest BCUT2D eigenvalue weighted by Crippen LogP contribution is 2.27. The van der Waals surface area contributed by atoms with Crippen LogP contribution in [0.4, 0.5) is 11.5 Å². The quantitative estimate of drug-likeness (QED) is 0.313. The Bertz CT molecular complexity index is 399. The average Bonchev–Trinajstić information content (AvgIpc) is 2.04. The van der Waals surface area contributed by atoms with Gasteiger partial charge in [-0.1, -0.05) is 0 Å². The molecule has 1 aromatic heterocycles. The van der Waals surface area contributed by atoms with Crippen LogP contribution in [0.1, 0.15) is 5.56 Å². The summed E-state index contributed by atoms with van der Waals surface area (Å²) in [6.07, 6.45) is 1.44. The summed E-state index contributed by atoms with van der Waals surface area (Å²) in [6.45, 7) is 1.61. The van der Waals surface area contributed by atoms with Gasteiger partial charge in [0.1, 0.15) is 0 Å². The van der Waals surface area contributed by atoms with E-state index in [0.29, 0.717) is 5.56 Å². The van der Waals surface area contributed by atoms with E-state index in [9.17, 15) is 10.1 Å². The lowest BCUT2D eigenvalue weighted by molar-refractivity contribution is -0.384.